The summed E-state index contributed by atoms with van der Waals surface area (Å²) in [6.07, 6.45) is 1.72. The molecule has 0 aliphatic carbocycles. The summed E-state index contributed by atoms with van der Waals surface area (Å²) >= 11 is 3.26. The molecule has 1 heterocycles. The van der Waals surface area contributed by atoms with Crippen LogP contribution in [0.25, 0.3) is 0 Å². The topological polar surface area (TPSA) is 55.4 Å². The largest absolute Gasteiger partial charge is 0.380 e. The first kappa shape index (κ1) is 13.0. The minimum atomic E-state index is -3.44. The molecule has 1 aromatic carbocycles. The highest BCUT2D eigenvalue weighted by Gasteiger charge is 2.22. The van der Waals surface area contributed by atoms with E-state index in [2.05, 4.69) is 20.7 Å². The number of hydrogen-bond acceptors (Lipinski definition) is 3. The smallest absolute Gasteiger partial charge is 0.240 e. The lowest BCUT2D eigenvalue weighted by Gasteiger charge is -2.22. The predicted octanol–water partition coefficient (Wildman–Crippen LogP) is 1.91. The van der Waals surface area contributed by atoms with Gasteiger partial charge in [-0.3, -0.25) is 0 Å². The molecular weight excluding hydrogens is 306 g/mol. The van der Waals surface area contributed by atoms with E-state index in [0.29, 0.717) is 6.61 Å². The van der Waals surface area contributed by atoms with Crippen LogP contribution in [-0.4, -0.2) is 27.7 Å². The standard InChI is InChI=1S/C11H14BrNO3S/c12-9-3-1-5-11(7-9)17(14,15)13-10-4-2-6-16-8-10/h1,3,5,7,10,13H,2,4,6,8H2/t10-/m0/s1. The number of halogens is 1. The van der Waals surface area contributed by atoms with Gasteiger partial charge < -0.3 is 4.74 Å². The van der Waals surface area contributed by atoms with Crippen LogP contribution in [-0.2, 0) is 14.8 Å². The Kier molecular flexibility index (Phi) is 4.19. The Balaban J connectivity index is 2.13. The van der Waals surface area contributed by atoms with Gasteiger partial charge in [0.25, 0.3) is 0 Å². The molecule has 4 nitrogen and oxygen atoms in total. The maximum absolute atomic E-state index is 12.1. The van der Waals surface area contributed by atoms with Crippen molar-refractivity contribution in [3.8, 4) is 0 Å². The quantitative estimate of drug-likeness (QED) is 0.925. The summed E-state index contributed by atoms with van der Waals surface area (Å²) in [4.78, 5) is 0.275. The molecule has 0 unspecified atom stereocenters. The van der Waals surface area contributed by atoms with Gasteiger partial charge in [0.05, 0.1) is 11.5 Å². The van der Waals surface area contributed by atoms with Gasteiger partial charge in [0.15, 0.2) is 0 Å². The Hall–Kier alpha value is -0.430. The van der Waals surface area contributed by atoms with Crippen LogP contribution in [0.15, 0.2) is 33.6 Å². The third-order valence-electron chi connectivity index (χ3n) is 2.59. The zero-order valence-electron chi connectivity index (χ0n) is 9.23. The Labute approximate surface area is 110 Å². The molecule has 1 aliphatic rings. The fourth-order valence-electron chi connectivity index (χ4n) is 1.76. The summed E-state index contributed by atoms with van der Waals surface area (Å²) in [5, 5.41) is 0. The SMILES string of the molecule is O=S(=O)(N[C@H]1CCCOC1)c1cccc(Br)c1. The van der Waals surface area contributed by atoms with Crippen molar-refractivity contribution in [3.63, 3.8) is 0 Å². The number of sulfonamides is 1. The second-order valence-electron chi connectivity index (χ2n) is 3.99. The molecule has 6 heteroatoms. The van der Waals surface area contributed by atoms with E-state index in [0.717, 1.165) is 23.9 Å². The lowest BCUT2D eigenvalue weighted by molar-refractivity contribution is 0.0774. The molecule has 0 aromatic heterocycles. The first-order chi connectivity index (χ1) is 8.08. The molecule has 1 atom stereocenters. The molecule has 94 valence electrons. The number of rotatable bonds is 3. The van der Waals surface area contributed by atoms with E-state index in [4.69, 9.17) is 4.74 Å². The van der Waals surface area contributed by atoms with Crippen molar-refractivity contribution in [1.82, 2.24) is 4.72 Å². The van der Waals surface area contributed by atoms with E-state index >= 15 is 0 Å². The summed E-state index contributed by atoms with van der Waals surface area (Å²) in [6.45, 7) is 1.17. The van der Waals surface area contributed by atoms with Crippen LogP contribution in [0.2, 0.25) is 0 Å². The lowest BCUT2D eigenvalue weighted by atomic mass is 10.1. The van der Waals surface area contributed by atoms with Crippen LogP contribution in [0.4, 0.5) is 0 Å². The molecule has 0 radical (unpaired) electrons. The Morgan fingerprint density at radius 3 is 2.88 bits per heavy atom. The van der Waals surface area contributed by atoms with Gasteiger partial charge in [-0.15, -0.1) is 0 Å². The molecule has 1 fully saturated rings. The molecule has 1 aromatic rings. The molecule has 0 amide bonds. The summed E-state index contributed by atoms with van der Waals surface area (Å²) in [5.74, 6) is 0. The third kappa shape index (κ3) is 3.51. The first-order valence-corrected chi connectivity index (χ1v) is 7.71. The molecule has 0 bridgehead atoms. The highest BCUT2D eigenvalue weighted by atomic mass is 79.9. The molecule has 0 spiro atoms. The van der Waals surface area contributed by atoms with Gasteiger partial charge in [0.2, 0.25) is 10.0 Å². The fraction of sp³-hybridized carbons (Fsp3) is 0.455. The zero-order valence-corrected chi connectivity index (χ0v) is 11.6. The van der Waals surface area contributed by atoms with Crippen molar-refractivity contribution in [2.45, 2.75) is 23.8 Å². The second kappa shape index (κ2) is 5.48. The van der Waals surface area contributed by atoms with E-state index in [1.807, 2.05) is 0 Å². The normalized spacial score (nSPS) is 21.4. The van der Waals surface area contributed by atoms with E-state index in [1.165, 1.54) is 0 Å². The summed E-state index contributed by atoms with van der Waals surface area (Å²) in [5.41, 5.74) is 0. The van der Waals surface area contributed by atoms with E-state index in [1.54, 1.807) is 24.3 Å². The number of ether oxygens (including phenoxy) is 1. The average Bonchev–Trinajstić information content (AvgIpc) is 2.30. The van der Waals surface area contributed by atoms with Crippen LogP contribution >= 0.6 is 15.9 Å². The first-order valence-electron chi connectivity index (χ1n) is 5.43. The minimum Gasteiger partial charge on any atom is -0.380 e. The zero-order chi connectivity index (χ0) is 12.3. The average molecular weight is 320 g/mol. The van der Waals surface area contributed by atoms with Gasteiger partial charge in [0.1, 0.15) is 0 Å². The highest BCUT2D eigenvalue weighted by molar-refractivity contribution is 9.10. The minimum absolute atomic E-state index is 0.118. The van der Waals surface area contributed by atoms with E-state index < -0.39 is 10.0 Å². The highest BCUT2D eigenvalue weighted by Crippen LogP contribution is 2.17. The summed E-state index contributed by atoms with van der Waals surface area (Å²) in [6, 6.07) is 6.55. The number of benzene rings is 1. The van der Waals surface area contributed by atoms with Gasteiger partial charge in [-0.1, -0.05) is 22.0 Å². The third-order valence-corrected chi connectivity index (χ3v) is 4.60. The van der Waals surface area contributed by atoms with Crippen molar-refractivity contribution in [2.75, 3.05) is 13.2 Å². The van der Waals surface area contributed by atoms with Crippen molar-refractivity contribution in [2.24, 2.45) is 0 Å². The van der Waals surface area contributed by atoms with Gasteiger partial charge in [-0.25, -0.2) is 13.1 Å². The second-order valence-corrected chi connectivity index (χ2v) is 6.62. The molecule has 0 saturated carbocycles. The van der Waals surface area contributed by atoms with E-state index in [-0.39, 0.29) is 10.9 Å². The lowest BCUT2D eigenvalue weighted by Crippen LogP contribution is -2.40. The fourth-order valence-corrected chi connectivity index (χ4v) is 3.61. The monoisotopic (exact) mass is 319 g/mol. The molecule has 1 N–H and O–H groups in total. The molecule has 17 heavy (non-hydrogen) atoms. The van der Waals surface area contributed by atoms with Crippen LogP contribution in [0.1, 0.15) is 12.8 Å². The Morgan fingerprint density at radius 1 is 1.41 bits per heavy atom. The van der Waals surface area contributed by atoms with Gasteiger partial charge >= 0.3 is 0 Å². The van der Waals surface area contributed by atoms with Crippen molar-refractivity contribution in [3.05, 3.63) is 28.7 Å². The molecule has 1 saturated heterocycles. The number of nitrogens with one attached hydrogen (secondary N) is 1. The molecular formula is C11H14BrNO3S. The summed E-state index contributed by atoms with van der Waals surface area (Å²) < 4.78 is 32.8. The Morgan fingerprint density at radius 2 is 2.24 bits per heavy atom. The summed E-state index contributed by atoms with van der Waals surface area (Å²) in [7, 11) is -3.44. The van der Waals surface area contributed by atoms with Crippen LogP contribution in [0, 0.1) is 0 Å². The van der Waals surface area contributed by atoms with Crippen molar-refractivity contribution < 1.29 is 13.2 Å². The molecule has 2 rings (SSSR count). The van der Waals surface area contributed by atoms with E-state index in [9.17, 15) is 8.42 Å². The van der Waals surface area contributed by atoms with Crippen LogP contribution < -0.4 is 4.72 Å². The van der Waals surface area contributed by atoms with Crippen LogP contribution in [0.3, 0.4) is 0 Å². The van der Waals surface area contributed by atoms with Crippen molar-refractivity contribution in [1.29, 1.82) is 0 Å². The van der Waals surface area contributed by atoms with Gasteiger partial charge in [-0.2, -0.15) is 0 Å². The van der Waals surface area contributed by atoms with Gasteiger partial charge in [0, 0.05) is 17.1 Å². The van der Waals surface area contributed by atoms with Crippen LogP contribution in [0.5, 0.6) is 0 Å². The van der Waals surface area contributed by atoms with Crippen molar-refractivity contribution >= 4 is 26.0 Å². The Bertz CT molecular complexity index is 483. The number of hydrogen-bond donors (Lipinski definition) is 1. The molecule has 1 aliphatic heterocycles. The predicted molar refractivity (Wildman–Crippen MR) is 68.3 cm³/mol. The maximum Gasteiger partial charge on any atom is 0.240 e. The maximum atomic E-state index is 12.1. The van der Waals surface area contributed by atoms with Gasteiger partial charge in [-0.05, 0) is 31.0 Å².